The van der Waals surface area contributed by atoms with Crippen molar-refractivity contribution in [3.05, 3.63) is 56.7 Å². The number of morpholine rings is 1. The quantitative estimate of drug-likeness (QED) is 0.394. The summed E-state index contributed by atoms with van der Waals surface area (Å²) in [5, 5.41) is 1.20. The Labute approximate surface area is 205 Å². The molecule has 3 aromatic rings. The van der Waals surface area contributed by atoms with E-state index in [4.69, 9.17) is 37.7 Å². The molecule has 6 nitrogen and oxygen atoms in total. The van der Waals surface area contributed by atoms with Crippen molar-refractivity contribution in [2.24, 2.45) is 0 Å². The van der Waals surface area contributed by atoms with Crippen LogP contribution in [0.5, 0.6) is 0 Å². The van der Waals surface area contributed by atoms with Gasteiger partial charge in [0, 0.05) is 40.3 Å². The molecule has 9 heteroatoms. The van der Waals surface area contributed by atoms with Crippen LogP contribution >= 0.6 is 39.1 Å². The molecule has 1 aliphatic heterocycles. The van der Waals surface area contributed by atoms with Gasteiger partial charge in [0.15, 0.2) is 0 Å². The number of carbonyl (C=O) groups is 1. The number of rotatable bonds is 3. The van der Waals surface area contributed by atoms with Crippen molar-refractivity contribution in [3.63, 3.8) is 0 Å². The number of ether oxygens (including phenoxy) is 2. The number of pyridine rings is 1. The van der Waals surface area contributed by atoms with Gasteiger partial charge in [-0.25, -0.2) is 9.78 Å². The second-order valence-electron chi connectivity index (χ2n) is 8.73. The summed E-state index contributed by atoms with van der Waals surface area (Å²) in [6.45, 7) is 6.96. The van der Waals surface area contributed by atoms with E-state index in [1.165, 1.54) is 0 Å². The third kappa shape index (κ3) is 5.22. The third-order valence-electron chi connectivity index (χ3n) is 5.08. The van der Waals surface area contributed by atoms with Gasteiger partial charge in [-0.1, -0.05) is 45.2 Å². The SMILES string of the molecule is CC(C)(C)OC(=O)N1CCO[C@@H](Cc2c(-c3ccc(Br)cc3Cl)nc3cc(Cl)ccn23)C1. The fourth-order valence-corrected chi connectivity index (χ4v) is 4.63. The van der Waals surface area contributed by atoms with Gasteiger partial charge in [0.2, 0.25) is 0 Å². The molecule has 1 atom stereocenters. The molecule has 1 amide bonds. The van der Waals surface area contributed by atoms with Crippen molar-refractivity contribution < 1.29 is 14.3 Å². The summed E-state index contributed by atoms with van der Waals surface area (Å²) in [4.78, 5) is 19.1. The first-order chi connectivity index (χ1) is 15.1. The maximum absolute atomic E-state index is 12.6. The molecule has 3 heterocycles. The lowest BCUT2D eigenvalue weighted by molar-refractivity contribution is -0.0418. The molecule has 1 fully saturated rings. The number of nitrogens with zero attached hydrogens (tertiary/aromatic N) is 3. The van der Waals surface area contributed by atoms with E-state index < -0.39 is 5.60 Å². The first-order valence-corrected chi connectivity index (χ1v) is 11.9. The largest absolute Gasteiger partial charge is 0.444 e. The molecule has 0 N–H and O–H groups in total. The lowest BCUT2D eigenvalue weighted by Gasteiger charge is -2.34. The molecule has 2 aromatic heterocycles. The molecule has 0 saturated carbocycles. The van der Waals surface area contributed by atoms with E-state index in [2.05, 4.69) is 15.9 Å². The molecule has 170 valence electrons. The van der Waals surface area contributed by atoms with Crippen molar-refractivity contribution in [1.82, 2.24) is 14.3 Å². The van der Waals surface area contributed by atoms with Crippen LogP contribution in [0.4, 0.5) is 4.79 Å². The Morgan fingerprint density at radius 1 is 1.28 bits per heavy atom. The van der Waals surface area contributed by atoms with Crippen LogP contribution in [0.2, 0.25) is 10.0 Å². The Kier molecular flexibility index (Phi) is 6.73. The van der Waals surface area contributed by atoms with Crippen molar-refractivity contribution in [1.29, 1.82) is 0 Å². The lowest BCUT2D eigenvalue weighted by Crippen LogP contribution is -2.48. The molecule has 0 radical (unpaired) electrons. The summed E-state index contributed by atoms with van der Waals surface area (Å²) < 4.78 is 14.4. The molecular formula is C23H24BrCl2N3O3. The van der Waals surface area contributed by atoms with Gasteiger partial charge < -0.3 is 18.8 Å². The van der Waals surface area contributed by atoms with Crippen LogP contribution in [0.3, 0.4) is 0 Å². The van der Waals surface area contributed by atoms with Gasteiger partial charge in [0.25, 0.3) is 0 Å². The summed E-state index contributed by atoms with van der Waals surface area (Å²) in [5.74, 6) is 0. The van der Waals surface area contributed by atoms with Crippen molar-refractivity contribution in [3.8, 4) is 11.3 Å². The Balaban J connectivity index is 1.67. The van der Waals surface area contributed by atoms with Crippen LogP contribution < -0.4 is 0 Å². The minimum absolute atomic E-state index is 0.208. The highest BCUT2D eigenvalue weighted by Crippen LogP contribution is 2.34. The van der Waals surface area contributed by atoms with E-state index >= 15 is 0 Å². The molecule has 1 aromatic carbocycles. The Morgan fingerprint density at radius 2 is 2.06 bits per heavy atom. The van der Waals surface area contributed by atoms with Gasteiger partial charge >= 0.3 is 6.09 Å². The summed E-state index contributed by atoms with van der Waals surface area (Å²) in [6.07, 6.45) is 1.90. The number of hydrogen-bond donors (Lipinski definition) is 0. The second-order valence-corrected chi connectivity index (χ2v) is 10.5. The minimum Gasteiger partial charge on any atom is -0.444 e. The van der Waals surface area contributed by atoms with Gasteiger partial charge in [-0.3, -0.25) is 0 Å². The fraction of sp³-hybridized carbons (Fsp3) is 0.391. The smallest absolute Gasteiger partial charge is 0.410 e. The van der Waals surface area contributed by atoms with Gasteiger partial charge in [-0.2, -0.15) is 0 Å². The van der Waals surface area contributed by atoms with Crippen LogP contribution in [0.25, 0.3) is 16.9 Å². The summed E-state index contributed by atoms with van der Waals surface area (Å²) >= 11 is 16.2. The zero-order valence-corrected chi connectivity index (χ0v) is 21.2. The molecule has 32 heavy (non-hydrogen) atoms. The normalized spacial score (nSPS) is 17.1. The summed E-state index contributed by atoms with van der Waals surface area (Å²) in [6, 6.07) is 9.36. The van der Waals surface area contributed by atoms with E-state index in [0.717, 1.165) is 27.1 Å². The first-order valence-electron chi connectivity index (χ1n) is 10.3. The highest BCUT2D eigenvalue weighted by Gasteiger charge is 2.30. The van der Waals surface area contributed by atoms with E-state index in [9.17, 15) is 4.79 Å². The number of imidazole rings is 1. The van der Waals surface area contributed by atoms with Crippen molar-refractivity contribution in [2.75, 3.05) is 19.7 Å². The predicted molar refractivity (Wildman–Crippen MR) is 130 cm³/mol. The molecule has 1 saturated heterocycles. The van der Waals surface area contributed by atoms with Crippen molar-refractivity contribution >= 4 is 50.9 Å². The third-order valence-corrected chi connectivity index (χ3v) is 6.13. The van der Waals surface area contributed by atoms with Gasteiger partial charge in [-0.15, -0.1) is 0 Å². The van der Waals surface area contributed by atoms with Gasteiger partial charge in [0.1, 0.15) is 11.2 Å². The van der Waals surface area contributed by atoms with Crippen LogP contribution in [0, 0.1) is 0 Å². The van der Waals surface area contributed by atoms with Crippen LogP contribution in [-0.2, 0) is 15.9 Å². The lowest BCUT2D eigenvalue weighted by atomic mass is 10.1. The predicted octanol–water partition coefficient (Wildman–Crippen LogP) is 6.25. The standard InChI is InChI=1S/C23H24BrCl2N3O3/c1-23(2,3)32-22(30)28-8-9-31-16(13-28)12-19-21(17-5-4-14(24)10-18(17)26)27-20-11-15(25)6-7-29(19)20/h4-7,10-11,16H,8-9,12-13H2,1-3H3/t16-/m0/s1. The number of carbonyl (C=O) groups excluding carboxylic acids is 1. The number of aromatic nitrogens is 2. The molecule has 0 bridgehead atoms. The van der Waals surface area contributed by atoms with E-state index in [1.54, 1.807) is 4.90 Å². The second kappa shape index (κ2) is 9.21. The van der Waals surface area contributed by atoms with Crippen LogP contribution in [0.15, 0.2) is 41.0 Å². The van der Waals surface area contributed by atoms with Crippen molar-refractivity contribution in [2.45, 2.75) is 38.9 Å². The van der Waals surface area contributed by atoms with Gasteiger partial charge in [-0.05, 0) is 39.0 Å². The molecule has 0 unspecified atom stereocenters. The maximum Gasteiger partial charge on any atom is 0.410 e. The average Bonchev–Trinajstić information content (AvgIpc) is 3.04. The Hall–Kier alpha value is -1.80. The number of benzene rings is 1. The zero-order valence-electron chi connectivity index (χ0n) is 18.1. The zero-order chi connectivity index (χ0) is 23.0. The molecule has 0 aliphatic carbocycles. The number of halogens is 3. The molecule has 0 spiro atoms. The number of fused-ring (bicyclic) bond motifs is 1. The molecule has 4 rings (SSSR count). The average molecular weight is 541 g/mol. The summed E-state index contributed by atoms with van der Waals surface area (Å²) in [7, 11) is 0. The monoisotopic (exact) mass is 539 g/mol. The molecule has 1 aliphatic rings. The maximum atomic E-state index is 12.6. The fourth-order valence-electron chi connectivity index (χ4n) is 3.71. The number of hydrogen-bond acceptors (Lipinski definition) is 4. The highest BCUT2D eigenvalue weighted by atomic mass is 79.9. The van der Waals surface area contributed by atoms with E-state index in [0.29, 0.717) is 36.2 Å². The number of amides is 1. The topological polar surface area (TPSA) is 56.1 Å². The van der Waals surface area contributed by atoms with Crippen LogP contribution in [0.1, 0.15) is 26.5 Å². The Bertz CT molecular complexity index is 1160. The minimum atomic E-state index is -0.544. The Morgan fingerprint density at radius 3 is 2.78 bits per heavy atom. The molecular weight excluding hydrogens is 517 g/mol. The summed E-state index contributed by atoms with van der Waals surface area (Å²) in [5.41, 5.74) is 2.71. The van der Waals surface area contributed by atoms with E-state index in [1.807, 2.05) is 61.7 Å². The van der Waals surface area contributed by atoms with Gasteiger partial charge in [0.05, 0.1) is 35.7 Å². The first kappa shape index (κ1) is 23.4. The van der Waals surface area contributed by atoms with E-state index in [-0.39, 0.29) is 12.2 Å². The van der Waals surface area contributed by atoms with Crippen LogP contribution in [-0.4, -0.2) is 51.8 Å². The highest BCUT2D eigenvalue weighted by molar-refractivity contribution is 9.10.